The molecule has 3 rings (SSSR count). The summed E-state index contributed by atoms with van der Waals surface area (Å²) in [5.41, 5.74) is 1.89. The van der Waals surface area contributed by atoms with Gasteiger partial charge in [-0.15, -0.1) is 0 Å². The lowest BCUT2D eigenvalue weighted by Crippen LogP contribution is -2.40. The van der Waals surface area contributed by atoms with E-state index in [0.717, 1.165) is 27.9 Å². The van der Waals surface area contributed by atoms with Gasteiger partial charge in [0.1, 0.15) is 6.54 Å². The number of nitrogens with zero attached hydrogens (tertiary/aromatic N) is 2. The van der Waals surface area contributed by atoms with E-state index < -0.39 is 11.1 Å². The summed E-state index contributed by atoms with van der Waals surface area (Å²) in [7, 11) is 0. The van der Waals surface area contributed by atoms with Crippen molar-refractivity contribution in [3.63, 3.8) is 0 Å². The number of aromatic nitrogens is 2. The monoisotopic (exact) mass is 382 g/mol. The summed E-state index contributed by atoms with van der Waals surface area (Å²) < 4.78 is 0. The molecule has 0 aliphatic carbocycles. The molecule has 0 saturated carbocycles. The maximum atomic E-state index is 12.3. The van der Waals surface area contributed by atoms with Gasteiger partial charge in [-0.2, -0.15) is 0 Å². The lowest BCUT2D eigenvalue weighted by atomic mass is 10.2. The first-order valence-corrected chi connectivity index (χ1v) is 9.16. The highest BCUT2D eigenvalue weighted by Gasteiger charge is 2.35. The van der Waals surface area contributed by atoms with Gasteiger partial charge in [-0.1, -0.05) is 42.5 Å². The molecule has 0 spiro atoms. The minimum Gasteiger partial charge on any atom is -0.354 e. The van der Waals surface area contributed by atoms with Gasteiger partial charge in [-0.25, -0.2) is 4.98 Å². The molecule has 0 atom stereocenters. The summed E-state index contributed by atoms with van der Waals surface area (Å²) in [6, 6.07) is 9.62. The summed E-state index contributed by atoms with van der Waals surface area (Å²) in [5, 5.41) is 2.25. The normalized spacial score (nSPS) is 15.9. The number of thioether (sulfide) groups is 1. The highest BCUT2D eigenvalue weighted by atomic mass is 32.2. The number of carbonyl (C=O) groups is 3. The predicted molar refractivity (Wildman–Crippen MR) is 104 cm³/mol. The highest BCUT2D eigenvalue weighted by molar-refractivity contribution is 8.18. The summed E-state index contributed by atoms with van der Waals surface area (Å²) >= 11 is 0.835. The van der Waals surface area contributed by atoms with Gasteiger partial charge < -0.3 is 10.3 Å². The van der Waals surface area contributed by atoms with Crippen LogP contribution in [0, 0.1) is 0 Å². The molecule has 1 aromatic heterocycles. The average molecular weight is 382 g/mol. The van der Waals surface area contributed by atoms with Crippen molar-refractivity contribution in [3.8, 4) is 0 Å². The number of hydrogen-bond donors (Lipinski definition) is 2. The smallest absolute Gasteiger partial charge is 0.294 e. The molecule has 8 heteroatoms. The molecule has 0 bridgehead atoms. The van der Waals surface area contributed by atoms with E-state index in [1.54, 1.807) is 24.7 Å². The van der Waals surface area contributed by atoms with Crippen LogP contribution in [-0.4, -0.2) is 45.0 Å². The van der Waals surface area contributed by atoms with Crippen molar-refractivity contribution in [2.24, 2.45) is 0 Å². The largest absolute Gasteiger partial charge is 0.354 e. The fraction of sp³-hybridized carbons (Fsp3) is 0.158. The maximum absolute atomic E-state index is 12.3. The molecule has 1 aliphatic heterocycles. The standard InChI is InChI=1S/C19H18N4O3S/c24-17(21-10-9-15-11-20-13-22-15)12-23-18(25)16(27-19(23)26)8-4-7-14-5-2-1-3-6-14/h1-8,11,13H,9-10,12H2,(H,20,22)(H,21,24)/b7-4+,16-8-. The molecular weight excluding hydrogens is 364 g/mol. The zero-order valence-corrected chi connectivity index (χ0v) is 15.2. The van der Waals surface area contributed by atoms with Gasteiger partial charge in [0.2, 0.25) is 5.91 Å². The van der Waals surface area contributed by atoms with E-state index in [2.05, 4.69) is 15.3 Å². The van der Waals surface area contributed by atoms with Crippen molar-refractivity contribution in [2.45, 2.75) is 6.42 Å². The van der Waals surface area contributed by atoms with Gasteiger partial charge in [-0.05, 0) is 23.4 Å². The van der Waals surface area contributed by atoms with Crippen molar-refractivity contribution in [2.75, 3.05) is 13.1 Å². The van der Waals surface area contributed by atoms with E-state index >= 15 is 0 Å². The summed E-state index contributed by atoms with van der Waals surface area (Å²) in [6.07, 6.45) is 8.99. The summed E-state index contributed by atoms with van der Waals surface area (Å²) in [4.78, 5) is 44.5. The summed E-state index contributed by atoms with van der Waals surface area (Å²) in [6.45, 7) is 0.111. The highest BCUT2D eigenvalue weighted by Crippen LogP contribution is 2.30. The van der Waals surface area contributed by atoms with Crippen LogP contribution in [0.25, 0.3) is 6.08 Å². The quantitative estimate of drug-likeness (QED) is 0.717. The Morgan fingerprint density at radius 3 is 2.81 bits per heavy atom. The predicted octanol–water partition coefficient (Wildman–Crippen LogP) is 2.36. The zero-order valence-electron chi connectivity index (χ0n) is 14.4. The SMILES string of the molecule is O=C(CN1C(=O)S/C(=C\C=C\c2ccccc2)C1=O)NCCc1cnc[nH]1. The third kappa shape index (κ3) is 5.18. The number of benzene rings is 1. The van der Waals surface area contributed by atoms with Crippen LogP contribution in [0.2, 0.25) is 0 Å². The molecule has 1 aliphatic rings. The zero-order chi connectivity index (χ0) is 19.1. The second-order valence-electron chi connectivity index (χ2n) is 5.74. The Kier molecular flexibility index (Phi) is 6.22. The van der Waals surface area contributed by atoms with E-state index in [9.17, 15) is 14.4 Å². The Labute approximate surface area is 160 Å². The van der Waals surface area contributed by atoms with Gasteiger partial charge >= 0.3 is 0 Å². The molecule has 138 valence electrons. The molecule has 7 nitrogen and oxygen atoms in total. The number of allylic oxidation sites excluding steroid dienone is 2. The van der Waals surface area contributed by atoms with Crippen LogP contribution < -0.4 is 5.32 Å². The number of nitrogens with one attached hydrogen (secondary N) is 2. The maximum Gasteiger partial charge on any atom is 0.294 e. The first-order valence-electron chi connectivity index (χ1n) is 8.34. The Bertz CT molecular complexity index is 876. The fourth-order valence-electron chi connectivity index (χ4n) is 2.42. The Morgan fingerprint density at radius 2 is 2.07 bits per heavy atom. The number of rotatable bonds is 7. The molecule has 2 aromatic rings. The number of aromatic amines is 1. The Morgan fingerprint density at radius 1 is 1.26 bits per heavy atom. The topological polar surface area (TPSA) is 95.2 Å². The molecule has 2 N–H and O–H groups in total. The molecule has 1 fully saturated rings. The van der Waals surface area contributed by atoms with E-state index in [0.29, 0.717) is 17.9 Å². The molecule has 0 radical (unpaired) electrons. The second-order valence-corrected chi connectivity index (χ2v) is 6.73. The van der Waals surface area contributed by atoms with Crippen molar-refractivity contribution in [1.82, 2.24) is 20.2 Å². The third-order valence-electron chi connectivity index (χ3n) is 3.78. The third-order valence-corrected chi connectivity index (χ3v) is 4.71. The van der Waals surface area contributed by atoms with Crippen molar-refractivity contribution >= 4 is 34.9 Å². The average Bonchev–Trinajstić information content (AvgIpc) is 3.27. The molecule has 1 saturated heterocycles. The first-order chi connectivity index (χ1) is 13.1. The molecular formula is C19H18N4O3S. The molecule has 2 heterocycles. The van der Waals surface area contributed by atoms with Crippen molar-refractivity contribution < 1.29 is 14.4 Å². The van der Waals surface area contributed by atoms with Crippen molar-refractivity contribution in [3.05, 3.63) is 71.2 Å². The van der Waals surface area contributed by atoms with E-state index in [1.807, 2.05) is 36.4 Å². The number of hydrogen-bond acceptors (Lipinski definition) is 5. The van der Waals surface area contributed by atoms with Crippen molar-refractivity contribution in [1.29, 1.82) is 0 Å². The van der Waals surface area contributed by atoms with Gasteiger partial charge in [0.25, 0.3) is 11.1 Å². The van der Waals surface area contributed by atoms with Crippen LogP contribution in [0.5, 0.6) is 0 Å². The fourth-order valence-corrected chi connectivity index (χ4v) is 3.21. The van der Waals surface area contributed by atoms with E-state index in [4.69, 9.17) is 0 Å². The molecule has 27 heavy (non-hydrogen) atoms. The lowest BCUT2D eigenvalue weighted by molar-refractivity contribution is -0.129. The number of amides is 3. The van der Waals surface area contributed by atoms with Crippen LogP contribution in [-0.2, 0) is 16.0 Å². The molecule has 3 amide bonds. The van der Waals surface area contributed by atoms with Gasteiger partial charge in [-0.3, -0.25) is 19.3 Å². The van der Waals surface area contributed by atoms with Crippen LogP contribution in [0.15, 0.2) is 59.9 Å². The minimum absolute atomic E-state index is 0.284. The van der Waals surface area contributed by atoms with E-state index in [-0.39, 0.29) is 12.5 Å². The van der Waals surface area contributed by atoms with Gasteiger partial charge in [0.15, 0.2) is 0 Å². The molecule has 0 unspecified atom stereocenters. The number of H-pyrrole nitrogens is 1. The van der Waals surface area contributed by atoms with Crippen LogP contribution in [0.1, 0.15) is 11.3 Å². The van der Waals surface area contributed by atoms with E-state index in [1.165, 1.54) is 0 Å². The second kappa shape index (κ2) is 9.00. The van der Waals surface area contributed by atoms with Crippen LogP contribution >= 0.6 is 11.8 Å². The molecule has 1 aromatic carbocycles. The van der Waals surface area contributed by atoms with Crippen LogP contribution in [0.4, 0.5) is 4.79 Å². The number of carbonyl (C=O) groups excluding carboxylic acids is 3. The number of imide groups is 1. The van der Waals surface area contributed by atoms with Gasteiger partial charge in [0.05, 0.1) is 11.2 Å². The lowest BCUT2D eigenvalue weighted by Gasteiger charge is -2.12. The van der Waals surface area contributed by atoms with Crippen LogP contribution in [0.3, 0.4) is 0 Å². The first kappa shape index (κ1) is 18.7. The Hall–Kier alpha value is -3.13. The number of imidazole rings is 1. The minimum atomic E-state index is -0.452. The van der Waals surface area contributed by atoms with Gasteiger partial charge in [0, 0.05) is 24.9 Å². The summed E-state index contributed by atoms with van der Waals surface area (Å²) in [5.74, 6) is -0.829. The Balaban J connectivity index is 1.51.